The van der Waals surface area contributed by atoms with Crippen molar-refractivity contribution in [3.05, 3.63) is 64.7 Å². The quantitative estimate of drug-likeness (QED) is 0.428. The van der Waals surface area contributed by atoms with Gasteiger partial charge < -0.3 is 14.3 Å². The Labute approximate surface area is 203 Å². The summed E-state index contributed by atoms with van der Waals surface area (Å²) in [5.74, 6) is 1.13. The van der Waals surface area contributed by atoms with Gasteiger partial charge in [-0.05, 0) is 63.4 Å². The largest absolute Gasteiger partial charge is 0.466 e. The van der Waals surface area contributed by atoms with Crippen molar-refractivity contribution in [1.82, 2.24) is 19.8 Å². The van der Waals surface area contributed by atoms with Crippen molar-refractivity contribution in [3.63, 3.8) is 0 Å². The van der Waals surface area contributed by atoms with Crippen LogP contribution in [0.25, 0.3) is 22.4 Å². The lowest BCUT2D eigenvalue weighted by atomic mass is 10.1. The zero-order valence-corrected chi connectivity index (χ0v) is 20.6. The highest BCUT2D eigenvalue weighted by atomic mass is 32.2. The van der Waals surface area contributed by atoms with Crippen LogP contribution in [-0.4, -0.2) is 41.9 Å². The van der Waals surface area contributed by atoms with E-state index in [0.29, 0.717) is 41.2 Å². The van der Waals surface area contributed by atoms with Gasteiger partial charge in [0.2, 0.25) is 10.0 Å². The summed E-state index contributed by atoms with van der Waals surface area (Å²) in [6.45, 7) is 6.80. The van der Waals surface area contributed by atoms with Gasteiger partial charge in [0, 0.05) is 25.2 Å². The lowest BCUT2D eigenvalue weighted by molar-refractivity contribution is 0.0952. The highest BCUT2D eigenvalue weighted by Gasteiger charge is 2.27. The number of amides is 1. The Morgan fingerprint density at radius 3 is 2.46 bits per heavy atom. The van der Waals surface area contributed by atoms with E-state index in [1.807, 2.05) is 19.9 Å². The van der Waals surface area contributed by atoms with E-state index in [0.717, 1.165) is 29.7 Å². The minimum absolute atomic E-state index is 0.232. The molecule has 0 unspecified atom stereocenters. The highest BCUT2D eigenvalue weighted by Crippen LogP contribution is 2.30. The van der Waals surface area contributed by atoms with Crippen molar-refractivity contribution < 1.29 is 22.2 Å². The van der Waals surface area contributed by atoms with E-state index < -0.39 is 10.0 Å². The first-order valence-corrected chi connectivity index (χ1v) is 12.9. The van der Waals surface area contributed by atoms with E-state index in [2.05, 4.69) is 15.5 Å². The number of aryl methyl sites for hydroxylation is 3. The minimum atomic E-state index is -3.47. The van der Waals surface area contributed by atoms with Crippen LogP contribution in [-0.2, 0) is 16.6 Å². The predicted molar refractivity (Wildman–Crippen MR) is 129 cm³/mol. The number of hydrogen-bond donors (Lipinski definition) is 1. The van der Waals surface area contributed by atoms with Crippen LogP contribution in [0.15, 0.2) is 50.2 Å². The van der Waals surface area contributed by atoms with Crippen LogP contribution >= 0.6 is 0 Å². The summed E-state index contributed by atoms with van der Waals surface area (Å²) in [6.07, 6.45) is 1.78. The molecule has 1 saturated heterocycles. The Morgan fingerprint density at radius 2 is 1.80 bits per heavy atom. The van der Waals surface area contributed by atoms with Crippen molar-refractivity contribution >= 4 is 27.0 Å². The molecule has 3 aromatic heterocycles. The first kappa shape index (κ1) is 23.3. The zero-order chi connectivity index (χ0) is 24.7. The van der Waals surface area contributed by atoms with Crippen LogP contribution in [0.4, 0.5) is 0 Å². The van der Waals surface area contributed by atoms with E-state index in [1.165, 1.54) is 4.31 Å². The van der Waals surface area contributed by atoms with E-state index in [4.69, 9.17) is 8.94 Å². The predicted octanol–water partition coefficient (Wildman–Crippen LogP) is 4.12. The number of fused-ring (bicyclic) bond motifs is 1. The second kappa shape index (κ2) is 8.94. The summed E-state index contributed by atoms with van der Waals surface area (Å²) >= 11 is 0. The molecule has 0 spiro atoms. The van der Waals surface area contributed by atoms with Crippen LogP contribution < -0.4 is 5.32 Å². The minimum Gasteiger partial charge on any atom is -0.466 e. The molecular weight excluding hydrogens is 468 g/mol. The third kappa shape index (κ3) is 4.35. The molecule has 182 valence electrons. The van der Waals surface area contributed by atoms with Gasteiger partial charge in [-0.1, -0.05) is 17.3 Å². The maximum atomic E-state index is 13.2. The SMILES string of the molecule is Cc1cc(-c2cc(C(=O)NCc3ccc(S(=O)(=O)N4CCCC4)cc3)c3c(C)noc3n2)c(C)o1. The van der Waals surface area contributed by atoms with Crippen LogP contribution in [0.1, 0.15) is 46.0 Å². The third-order valence-corrected chi connectivity index (χ3v) is 8.17. The molecule has 35 heavy (non-hydrogen) atoms. The molecule has 0 radical (unpaired) electrons. The first-order chi connectivity index (χ1) is 16.7. The lowest BCUT2D eigenvalue weighted by Crippen LogP contribution is -2.28. The van der Waals surface area contributed by atoms with Gasteiger partial charge in [-0.3, -0.25) is 4.79 Å². The molecule has 10 heteroatoms. The normalized spacial score (nSPS) is 14.6. The second-order valence-electron chi connectivity index (χ2n) is 8.77. The number of carbonyl (C=O) groups excluding carboxylic acids is 1. The average molecular weight is 495 g/mol. The Morgan fingerprint density at radius 1 is 1.09 bits per heavy atom. The van der Waals surface area contributed by atoms with E-state index in [-0.39, 0.29) is 23.1 Å². The molecule has 1 fully saturated rings. The fourth-order valence-electron chi connectivity index (χ4n) is 4.43. The molecule has 4 heterocycles. The monoisotopic (exact) mass is 494 g/mol. The molecule has 1 aliphatic rings. The second-order valence-corrected chi connectivity index (χ2v) is 10.7. The summed E-state index contributed by atoms with van der Waals surface area (Å²) in [7, 11) is -3.47. The van der Waals surface area contributed by atoms with Gasteiger partial charge >= 0.3 is 0 Å². The summed E-state index contributed by atoms with van der Waals surface area (Å²) in [6, 6.07) is 10.2. The van der Waals surface area contributed by atoms with Crippen LogP contribution in [0, 0.1) is 20.8 Å². The molecule has 0 saturated carbocycles. The van der Waals surface area contributed by atoms with Crippen molar-refractivity contribution in [2.45, 2.75) is 45.1 Å². The molecule has 1 N–H and O–H groups in total. The molecular formula is C25H26N4O5S. The molecule has 1 aromatic carbocycles. The number of rotatable bonds is 6. The maximum absolute atomic E-state index is 13.2. The number of benzene rings is 1. The zero-order valence-electron chi connectivity index (χ0n) is 19.8. The van der Waals surface area contributed by atoms with Gasteiger partial charge in [0.15, 0.2) is 0 Å². The number of nitrogens with one attached hydrogen (secondary N) is 1. The standard InChI is InChI=1S/C25H26N4O5S/c1-15-12-20(17(3)33-15)22-13-21(23-16(2)28-34-25(23)27-22)24(30)26-14-18-6-8-19(9-7-18)35(31,32)29-10-4-5-11-29/h6-9,12-13H,4-5,10-11,14H2,1-3H3,(H,26,30). The van der Waals surface area contributed by atoms with Gasteiger partial charge in [-0.25, -0.2) is 13.4 Å². The lowest BCUT2D eigenvalue weighted by Gasteiger charge is -2.15. The van der Waals surface area contributed by atoms with Gasteiger partial charge in [0.1, 0.15) is 11.5 Å². The van der Waals surface area contributed by atoms with Crippen molar-refractivity contribution in [2.75, 3.05) is 13.1 Å². The Bertz CT molecular complexity index is 1510. The molecule has 1 amide bonds. The van der Waals surface area contributed by atoms with Crippen LogP contribution in [0.2, 0.25) is 0 Å². The van der Waals surface area contributed by atoms with Crippen LogP contribution in [0.3, 0.4) is 0 Å². The highest BCUT2D eigenvalue weighted by molar-refractivity contribution is 7.89. The number of furan rings is 1. The number of nitrogens with zero attached hydrogens (tertiary/aromatic N) is 3. The van der Waals surface area contributed by atoms with Crippen molar-refractivity contribution in [2.24, 2.45) is 0 Å². The molecule has 1 aliphatic heterocycles. The van der Waals surface area contributed by atoms with E-state index in [1.54, 1.807) is 37.3 Å². The van der Waals surface area contributed by atoms with Gasteiger partial charge in [-0.2, -0.15) is 4.31 Å². The van der Waals surface area contributed by atoms with Crippen molar-refractivity contribution in [3.8, 4) is 11.3 Å². The molecule has 4 aromatic rings. The van der Waals surface area contributed by atoms with Crippen LogP contribution in [0.5, 0.6) is 0 Å². The fourth-order valence-corrected chi connectivity index (χ4v) is 5.95. The summed E-state index contributed by atoms with van der Waals surface area (Å²) < 4.78 is 38.0. The molecule has 0 bridgehead atoms. The van der Waals surface area contributed by atoms with Gasteiger partial charge in [-0.15, -0.1) is 0 Å². The number of sulfonamides is 1. The Balaban J connectivity index is 1.38. The molecule has 0 atom stereocenters. The Hall–Kier alpha value is -3.50. The number of hydrogen-bond acceptors (Lipinski definition) is 7. The maximum Gasteiger partial charge on any atom is 0.259 e. The summed E-state index contributed by atoms with van der Waals surface area (Å²) in [4.78, 5) is 18.0. The molecule has 5 rings (SSSR count). The third-order valence-electron chi connectivity index (χ3n) is 6.26. The molecule has 0 aliphatic carbocycles. The average Bonchev–Trinajstić information content (AvgIpc) is 3.58. The van der Waals surface area contributed by atoms with E-state index >= 15 is 0 Å². The van der Waals surface area contributed by atoms with Gasteiger partial charge in [0.25, 0.3) is 11.6 Å². The number of aromatic nitrogens is 2. The van der Waals surface area contributed by atoms with Crippen molar-refractivity contribution in [1.29, 1.82) is 0 Å². The summed E-state index contributed by atoms with van der Waals surface area (Å²) in [5, 5.41) is 7.45. The summed E-state index contributed by atoms with van der Waals surface area (Å²) in [5.41, 5.74) is 3.37. The van der Waals surface area contributed by atoms with E-state index in [9.17, 15) is 13.2 Å². The van der Waals surface area contributed by atoms with Gasteiger partial charge in [0.05, 0.1) is 27.2 Å². The smallest absolute Gasteiger partial charge is 0.259 e. The molecule has 9 nitrogen and oxygen atoms in total. The number of carbonyl (C=O) groups is 1. The first-order valence-electron chi connectivity index (χ1n) is 11.5. The Kier molecular flexibility index (Phi) is 5.94. The fraction of sp³-hybridized carbons (Fsp3) is 0.320. The topological polar surface area (TPSA) is 119 Å². The number of pyridine rings is 1.